The fourth-order valence-electron chi connectivity index (χ4n) is 1.84. The average Bonchev–Trinajstić information content (AvgIpc) is 2.52. The zero-order chi connectivity index (χ0) is 18.8. The zero-order valence-electron chi connectivity index (χ0n) is 13.9. The molecule has 0 atom stereocenters. The van der Waals surface area contributed by atoms with Gasteiger partial charge < -0.3 is 25.8 Å². The summed E-state index contributed by atoms with van der Waals surface area (Å²) in [5.41, 5.74) is 5.74. The van der Waals surface area contributed by atoms with Gasteiger partial charge in [0.25, 0.3) is 0 Å². The Morgan fingerprint density at radius 2 is 1.84 bits per heavy atom. The van der Waals surface area contributed by atoms with Crippen molar-refractivity contribution in [1.82, 2.24) is 9.97 Å². The molecule has 0 aliphatic rings. The lowest BCUT2D eigenvalue weighted by atomic mass is 10.1. The van der Waals surface area contributed by atoms with Crippen LogP contribution in [-0.4, -0.2) is 48.1 Å². The molecule has 0 bridgehead atoms. The summed E-state index contributed by atoms with van der Waals surface area (Å²) in [5.74, 6) is -0.858. The molecule has 0 saturated heterocycles. The van der Waals surface area contributed by atoms with Gasteiger partial charge in [0.1, 0.15) is 5.69 Å². The lowest BCUT2D eigenvalue weighted by Gasteiger charge is -2.17. The number of halogens is 1. The van der Waals surface area contributed by atoms with Gasteiger partial charge in [0.2, 0.25) is 12.4 Å². The molecule has 11 heteroatoms. The third-order valence-corrected chi connectivity index (χ3v) is 3.25. The minimum atomic E-state index is -0.423. The normalized spacial score (nSPS) is 10.2. The van der Waals surface area contributed by atoms with E-state index in [4.69, 9.17) is 26.8 Å². The van der Waals surface area contributed by atoms with Crippen LogP contribution in [0.3, 0.4) is 0 Å². The van der Waals surface area contributed by atoms with E-state index >= 15 is 0 Å². The van der Waals surface area contributed by atoms with E-state index in [0.29, 0.717) is 19.4 Å². The van der Waals surface area contributed by atoms with E-state index in [1.165, 1.54) is 13.8 Å². The van der Waals surface area contributed by atoms with Crippen LogP contribution in [-0.2, 0) is 23.9 Å². The van der Waals surface area contributed by atoms with Gasteiger partial charge in [0, 0.05) is 26.3 Å². The van der Waals surface area contributed by atoms with Crippen LogP contribution >= 0.6 is 11.6 Å². The molecule has 0 aliphatic heterocycles. The number of ether oxygens (including phenoxy) is 2. The fourth-order valence-corrected chi connectivity index (χ4v) is 2.07. The summed E-state index contributed by atoms with van der Waals surface area (Å²) in [5, 5.41) is 5.36. The molecule has 0 aromatic carbocycles. The standard InChI is InChI=1S/C14H20ClN5O5/c1-8(22)24-5-10(6-25-9(2)23)3-4-17-13-11(18-7-21)12(15)19-14(16)20-13/h7,10H,3-6H2,1-2H3,(H,18,21)(H3,16,17,19,20). The van der Waals surface area contributed by atoms with Crippen molar-refractivity contribution < 1.29 is 23.9 Å². The molecule has 0 fully saturated rings. The van der Waals surface area contributed by atoms with Gasteiger partial charge >= 0.3 is 11.9 Å². The van der Waals surface area contributed by atoms with Gasteiger partial charge in [0.15, 0.2) is 11.0 Å². The van der Waals surface area contributed by atoms with Crippen LogP contribution in [0, 0.1) is 5.92 Å². The summed E-state index contributed by atoms with van der Waals surface area (Å²) in [6.07, 6.45) is 0.929. The number of carbonyl (C=O) groups is 3. The van der Waals surface area contributed by atoms with Crippen molar-refractivity contribution in [2.45, 2.75) is 20.3 Å². The maximum Gasteiger partial charge on any atom is 0.302 e. The van der Waals surface area contributed by atoms with E-state index in [-0.39, 0.29) is 41.7 Å². The number of carbonyl (C=O) groups excluding carboxylic acids is 3. The second-order valence-electron chi connectivity index (χ2n) is 5.05. The van der Waals surface area contributed by atoms with Crippen molar-refractivity contribution in [3.63, 3.8) is 0 Å². The molecular weight excluding hydrogens is 354 g/mol. The molecule has 0 aliphatic carbocycles. The molecule has 1 amide bonds. The van der Waals surface area contributed by atoms with Crippen LogP contribution in [0.15, 0.2) is 0 Å². The first kappa shape index (κ1) is 20.4. The predicted octanol–water partition coefficient (Wildman–Crippen LogP) is 0.825. The predicted molar refractivity (Wildman–Crippen MR) is 91.0 cm³/mol. The Morgan fingerprint density at radius 3 is 2.36 bits per heavy atom. The van der Waals surface area contributed by atoms with Crippen LogP contribution in [0.1, 0.15) is 20.3 Å². The van der Waals surface area contributed by atoms with Crippen molar-refractivity contribution in [3.05, 3.63) is 5.15 Å². The zero-order valence-corrected chi connectivity index (χ0v) is 14.6. The topological polar surface area (TPSA) is 146 Å². The summed E-state index contributed by atoms with van der Waals surface area (Å²) in [6, 6.07) is 0. The Morgan fingerprint density at radius 1 is 1.24 bits per heavy atom. The largest absolute Gasteiger partial charge is 0.465 e. The van der Waals surface area contributed by atoms with Crippen molar-refractivity contribution in [1.29, 1.82) is 0 Å². The van der Waals surface area contributed by atoms with Gasteiger partial charge in [0.05, 0.1) is 13.2 Å². The molecule has 0 spiro atoms. The third kappa shape index (κ3) is 7.66. The number of nitrogens with one attached hydrogen (secondary N) is 2. The third-order valence-electron chi connectivity index (χ3n) is 2.98. The molecule has 25 heavy (non-hydrogen) atoms. The number of nitrogen functional groups attached to an aromatic ring is 1. The van der Waals surface area contributed by atoms with Crippen LogP contribution < -0.4 is 16.4 Å². The van der Waals surface area contributed by atoms with E-state index in [9.17, 15) is 14.4 Å². The minimum absolute atomic E-state index is 0.00141. The van der Waals surface area contributed by atoms with E-state index in [0.717, 1.165) is 0 Å². The van der Waals surface area contributed by atoms with Gasteiger partial charge in [-0.25, -0.2) is 0 Å². The molecule has 138 valence electrons. The van der Waals surface area contributed by atoms with Crippen molar-refractivity contribution in [2.75, 3.05) is 36.1 Å². The highest BCUT2D eigenvalue weighted by atomic mass is 35.5. The number of anilines is 3. The number of amides is 1. The second kappa shape index (κ2) is 10.3. The van der Waals surface area contributed by atoms with Gasteiger partial charge in [-0.3, -0.25) is 14.4 Å². The number of hydrogen-bond acceptors (Lipinski definition) is 9. The molecule has 1 aromatic heterocycles. The molecular formula is C14H20ClN5O5. The summed E-state index contributed by atoms with van der Waals surface area (Å²) >= 11 is 5.92. The fraction of sp³-hybridized carbons (Fsp3) is 0.500. The molecule has 4 N–H and O–H groups in total. The van der Waals surface area contributed by atoms with Crippen LogP contribution in [0.25, 0.3) is 0 Å². The molecule has 1 heterocycles. The number of rotatable bonds is 10. The van der Waals surface area contributed by atoms with Crippen LogP contribution in [0.4, 0.5) is 17.5 Å². The quantitative estimate of drug-likeness (QED) is 0.308. The van der Waals surface area contributed by atoms with Gasteiger partial charge in [-0.1, -0.05) is 11.6 Å². The first-order chi connectivity index (χ1) is 11.8. The maximum atomic E-state index is 10.9. The Kier molecular flexibility index (Phi) is 8.40. The van der Waals surface area contributed by atoms with Crippen LogP contribution in [0.2, 0.25) is 5.15 Å². The van der Waals surface area contributed by atoms with E-state index in [2.05, 4.69) is 20.6 Å². The highest BCUT2D eigenvalue weighted by molar-refractivity contribution is 6.33. The number of aromatic nitrogens is 2. The Balaban J connectivity index is 2.68. The monoisotopic (exact) mass is 373 g/mol. The highest BCUT2D eigenvalue weighted by Gasteiger charge is 2.15. The van der Waals surface area contributed by atoms with Crippen LogP contribution in [0.5, 0.6) is 0 Å². The maximum absolute atomic E-state index is 10.9. The number of nitrogens with two attached hydrogens (primary N) is 1. The van der Waals surface area contributed by atoms with E-state index < -0.39 is 11.9 Å². The summed E-state index contributed by atoms with van der Waals surface area (Å²) in [6.45, 7) is 3.18. The highest BCUT2D eigenvalue weighted by Crippen LogP contribution is 2.27. The number of nitrogens with zero attached hydrogens (tertiary/aromatic N) is 2. The molecule has 1 rings (SSSR count). The molecule has 1 aromatic rings. The molecule has 0 saturated carbocycles. The van der Waals surface area contributed by atoms with Gasteiger partial charge in [-0.05, 0) is 6.42 Å². The minimum Gasteiger partial charge on any atom is -0.465 e. The first-order valence-electron chi connectivity index (χ1n) is 7.37. The Bertz CT molecular complexity index is 610. The molecule has 0 unspecified atom stereocenters. The Hall–Kier alpha value is -2.62. The summed E-state index contributed by atoms with van der Waals surface area (Å²) in [4.78, 5) is 40.3. The van der Waals surface area contributed by atoms with Gasteiger partial charge in [-0.15, -0.1) is 0 Å². The molecule has 0 radical (unpaired) electrons. The smallest absolute Gasteiger partial charge is 0.302 e. The number of esters is 2. The molecule has 10 nitrogen and oxygen atoms in total. The van der Waals surface area contributed by atoms with Crippen molar-refractivity contribution >= 4 is 47.4 Å². The Labute approximate surface area is 149 Å². The van der Waals surface area contributed by atoms with Crippen molar-refractivity contribution in [3.8, 4) is 0 Å². The van der Waals surface area contributed by atoms with E-state index in [1.54, 1.807) is 0 Å². The summed E-state index contributed by atoms with van der Waals surface area (Å²) in [7, 11) is 0. The summed E-state index contributed by atoms with van der Waals surface area (Å²) < 4.78 is 9.91. The lowest BCUT2D eigenvalue weighted by Crippen LogP contribution is -2.22. The second-order valence-corrected chi connectivity index (χ2v) is 5.40. The van der Waals surface area contributed by atoms with Gasteiger partial charge in [-0.2, -0.15) is 9.97 Å². The lowest BCUT2D eigenvalue weighted by molar-refractivity contribution is -0.146. The SMILES string of the molecule is CC(=O)OCC(CCNc1nc(N)nc(Cl)c1NC=O)COC(C)=O. The first-order valence-corrected chi connectivity index (χ1v) is 7.75. The number of hydrogen-bond donors (Lipinski definition) is 3. The van der Waals surface area contributed by atoms with Crippen molar-refractivity contribution in [2.24, 2.45) is 5.92 Å². The van der Waals surface area contributed by atoms with E-state index in [1.807, 2.05) is 0 Å². The average molecular weight is 374 g/mol.